The number of hydrogen-bond donors (Lipinski definition) is 2. The van der Waals surface area contributed by atoms with Crippen LogP contribution in [0.25, 0.3) is 16.6 Å². The normalized spacial score (nSPS) is 11.0. The summed E-state index contributed by atoms with van der Waals surface area (Å²) in [6.45, 7) is 3.61. The topological polar surface area (TPSA) is 102 Å². The Morgan fingerprint density at radius 1 is 0.865 bits per heavy atom. The number of nitrogens with zero attached hydrogens (tertiary/aromatic N) is 2. The van der Waals surface area contributed by atoms with Crippen LogP contribution in [0, 0.1) is 5.82 Å². The molecule has 8 nitrogen and oxygen atoms in total. The molecular weight excluding hydrogens is 475 g/mol. The molecule has 37 heavy (non-hydrogen) atoms. The number of aromatic nitrogens is 2. The minimum absolute atomic E-state index is 0.0225. The summed E-state index contributed by atoms with van der Waals surface area (Å²) >= 11 is 0. The first-order valence-corrected chi connectivity index (χ1v) is 11.9. The van der Waals surface area contributed by atoms with Crippen molar-refractivity contribution in [3.05, 3.63) is 111 Å². The minimum Gasteiger partial charge on any atom is -0.354 e. The van der Waals surface area contributed by atoms with Crippen LogP contribution in [0.2, 0.25) is 0 Å². The largest absolute Gasteiger partial charge is 0.354 e. The summed E-state index contributed by atoms with van der Waals surface area (Å²) in [7, 11) is 0. The standard InChI is InChI=1S/C28H27FN4O4/c1-18(2)31-25(34)15-19-9-13-22(14-10-19)33-27(36)23-5-3-4-6-24(23)32(28(33)37)17-26(35)30-16-20-7-11-21(29)12-8-20/h3-14,18H,15-17H2,1-2H3,(H,30,35)(H,31,34). The van der Waals surface area contributed by atoms with Gasteiger partial charge in [-0.1, -0.05) is 36.4 Å². The third-order valence-corrected chi connectivity index (χ3v) is 5.76. The molecule has 1 heterocycles. The summed E-state index contributed by atoms with van der Waals surface area (Å²) in [6.07, 6.45) is 0.170. The zero-order valence-electron chi connectivity index (χ0n) is 20.5. The minimum atomic E-state index is -0.661. The number of fused-ring (bicyclic) bond motifs is 1. The molecule has 1 aromatic heterocycles. The number of carbonyl (C=O) groups is 2. The maximum Gasteiger partial charge on any atom is 0.336 e. The van der Waals surface area contributed by atoms with Crippen molar-refractivity contribution in [3.8, 4) is 5.69 Å². The molecule has 0 spiro atoms. The highest BCUT2D eigenvalue weighted by atomic mass is 19.1. The van der Waals surface area contributed by atoms with Crippen LogP contribution in [0.4, 0.5) is 4.39 Å². The van der Waals surface area contributed by atoms with Gasteiger partial charge in [0.15, 0.2) is 0 Å². The molecule has 3 aromatic carbocycles. The summed E-state index contributed by atoms with van der Waals surface area (Å²) < 4.78 is 15.4. The molecule has 0 bridgehead atoms. The van der Waals surface area contributed by atoms with E-state index in [0.717, 1.165) is 10.1 Å². The number of amides is 2. The average molecular weight is 503 g/mol. The number of rotatable bonds is 8. The molecule has 0 unspecified atom stereocenters. The van der Waals surface area contributed by atoms with Crippen molar-refractivity contribution in [3.63, 3.8) is 0 Å². The van der Waals surface area contributed by atoms with E-state index in [2.05, 4.69) is 10.6 Å². The van der Waals surface area contributed by atoms with Gasteiger partial charge in [-0.3, -0.25) is 19.0 Å². The molecule has 0 aliphatic carbocycles. The molecule has 0 atom stereocenters. The highest BCUT2D eigenvalue weighted by Crippen LogP contribution is 2.12. The van der Waals surface area contributed by atoms with Gasteiger partial charge in [0.2, 0.25) is 11.8 Å². The first-order valence-electron chi connectivity index (χ1n) is 11.9. The van der Waals surface area contributed by atoms with E-state index in [0.29, 0.717) is 16.8 Å². The third kappa shape index (κ3) is 6.00. The predicted octanol–water partition coefficient (Wildman–Crippen LogP) is 2.68. The van der Waals surface area contributed by atoms with Gasteiger partial charge in [0, 0.05) is 12.6 Å². The highest BCUT2D eigenvalue weighted by Gasteiger charge is 2.17. The van der Waals surface area contributed by atoms with E-state index in [-0.39, 0.29) is 42.7 Å². The van der Waals surface area contributed by atoms with Gasteiger partial charge >= 0.3 is 5.69 Å². The Labute approximate surface area is 212 Å². The van der Waals surface area contributed by atoms with Crippen LogP contribution in [-0.4, -0.2) is 27.0 Å². The summed E-state index contributed by atoms with van der Waals surface area (Å²) in [6, 6.07) is 18.9. The molecule has 0 saturated carbocycles. The van der Waals surface area contributed by atoms with Gasteiger partial charge in [0.25, 0.3) is 5.56 Å². The van der Waals surface area contributed by atoms with Crippen LogP contribution < -0.4 is 21.9 Å². The number of hydrogen-bond acceptors (Lipinski definition) is 4. The summed E-state index contributed by atoms with van der Waals surface area (Å²) in [5, 5.41) is 5.83. The SMILES string of the molecule is CC(C)NC(=O)Cc1ccc(-n2c(=O)c3ccccc3n(CC(=O)NCc3ccc(F)cc3)c2=O)cc1. The Kier molecular flexibility index (Phi) is 7.62. The summed E-state index contributed by atoms with van der Waals surface area (Å²) in [4.78, 5) is 51.5. The fourth-order valence-electron chi connectivity index (χ4n) is 4.03. The van der Waals surface area contributed by atoms with Crippen molar-refractivity contribution in [2.24, 2.45) is 0 Å². The fourth-order valence-corrected chi connectivity index (χ4v) is 4.03. The molecule has 0 aliphatic heterocycles. The Balaban J connectivity index is 1.64. The Morgan fingerprint density at radius 3 is 2.19 bits per heavy atom. The summed E-state index contributed by atoms with van der Waals surface area (Å²) in [5.74, 6) is -0.935. The van der Waals surface area contributed by atoms with Crippen molar-refractivity contribution in [2.45, 2.75) is 39.4 Å². The lowest BCUT2D eigenvalue weighted by Crippen LogP contribution is -2.41. The van der Waals surface area contributed by atoms with Gasteiger partial charge < -0.3 is 10.6 Å². The quantitative estimate of drug-likeness (QED) is 0.387. The molecule has 2 amide bonds. The number of carbonyl (C=O) groups excluding carboxylic acids is 2. The molecule has 0 saturated heterocycles. The molecule has 4 rings (SSSR count). The van der Waals surface area contributed by atoms with Gasteiger partial charge in [0.1, 0.15) is 12.4 Å². The Hall–Kier alpha value is -4.53. The molecule has 4 aromatic rings. The van der Waals surface area contributed by atoms with Crippen molar-refractivity contribution >= 4 is 22.7 Å². The van der Waals surface area contributed by atoms with Crippen LogP contribution in [-0.2, 0) is 29.1 Å². The Morgan fingerprint density at radius 2 is 1.51 bits per heavy atom. The molecule has 0 fully saturated rings. The second-order valence-electron chi connectivity index (χ2n) is 9.00. The number of benzene rings is 3. The summed E-state index contributed by atoms with van der Waals surface area (Å²) in [5.41, 5.74) is 0.942. The second-order valence-corrected chi connectivity index (χ2v) is 9.00. The van der Waals surface area contributed by atoms with E-state index >= 15 is 0 Å². The van der Waals surface area contributed by atoms with Crippen molar-refractivity contribution in [1.29, 1.82) is 0 Å². The average Bonchev–Trinajstić information content (AvgIpc) is 2.87. The van der Waals surface area contributed by atoms with Gasteiger partial charge in [-0.15, -0.1) is 0 Å². The lowest BCUT2D eigenvalue weighted by molar-refractivity contribution is -0.122. The highest BCUT2D eigenvalue weighted by molar-refractivity contribution is 5.82. The van der Waals surface area contributed by atoms with Crippen LogP contribution in [0.15, 0.2) is 82.4 Å². The fraction of sp³-hybridized carbons (Fsp3) is 0.214. The maximum absolute atomic E-state index is 13.5. The monoisotopic (exact) mass is 502 g/mol. The number of nitrogens with one attached hydrogen (secondary N) is 2. The van der Waals surface area contributed by atoms with Crippen LogP contribution in [0.5, 0.6) is 0 Å². The van der Waals surface area contributed by atoms with E-state index in [1.807, 2.05) is 13.8 Å². The van der Waals surface area contributed by atoms with Crippen molar-refractivity contribution in [1.82, 2.24) is 19.8 Å². The zero-order chi connectivity index (χ0) is 26.5. The van der Waals surface area contributed by atoms with E-state index < -0.39 is 17.2 Å². The van der Waals surface area contributed by atoms with Gasteiger partial charge in [0.05, 0.1) is 23.0 Å². The van der Waals surface area contributed by atoms with Crippen molar-refractivity contribution < 1.29 is 14.0 Å². The van der Waals surface area contributed by atoms with E-state index in [4.69, 9.17) is 0 Å². The van der Waals surface area contributed by atoms with E-state index in [9.17, 15) is 23.6 Å². The number of para-hydroxylation sites is 1. The smallest absolute Gasteiger partial charge is 0.336 e. The second kappa shape index (κ2) is 11.0. The van der Waals surface area contributed by atoms with Gasteiger partial charge in [-0.05, 0) is 61.4 Å². The lowest BCUT2D eigenvalue weighted by Gasteiger charge is -2.15. The van der Waals surface area contributed by atoms with Crippen LogP contribution in [0.3, 0.4) is 0 Å². The van der Waals surface area contributed by atoms with Gasteiger partial charge in [-0.25, -0.2) is 13.8 Å². The molecule has 190 valence electrons. The molecule has 9 heteroatoms. The maximum atomic E-state index is 13.5. The molecular formula is C28H27FN4O4. The van der Waals surface area contributed by atoms with Gasteiger partial charge in [-0.2, -0.15) is 0 Å². The van der Waals surface area contributed by atoms with E-state index in [1.165, 1.54) is 16.7 Å². The zero-order valence-corrected chi connectivity index (χ0v) is 20.5. The molecule has 0 aliphatic rings. The Bertz CT molecular complexity index is 1550. The first kappa shape index (κ1) is 25.6. The van der Waals surface area contributed by atoms with E-state index in [1.54, 1.807) is 60.7 Å². The van der Waals surface area contributed by atoms with Crippen LogP contribution >= 0.6 is 0 Å². The third-order valence-electron chi connectivity index (χ3n) is 5.76. The molecule has 0 radical (unpaired) electrons. The first-order chi connectivity index (χ1) is 17.7. The molecule has 2 N–H and O–H groups in total. The van der Waals surface area contributed by atoms with Crippen LogP contribution in [0.1, 0.15) is 25.0 Å². The lowest BCUT2D eigenvalue weighted by atomic mass is 10.1. The number of halogens is 1. The van der Waals surface area contributed by atoms with Crippen molar-refractivity contribution in [2.75, 3.05) is 0 Å². The predicted molar refractivity (Wildman–Crippen MR) is 139 cm³/mol.